The molecule has 0 radical (unpaired) electrons. The summed E-state index contributed by atoms with van der Waals surface area (Å²) >= 11 is 0. The normalized spacial score (nSPS) is 17.0. The Labute approximate surface area is 149 Å². The largest absolute Gasteiger partial charge is 0.478 e. The molecule has 1 fully saturated rings. The van der Waals surface area contributed by atoms with Crippen LogP contribution >= 0.6 is 0 Å². The van der Waals surface area contributed by atoms with E-state index in [0.29, 0.717) is 29.9 Å². The third kappa shape index (κ3) is 2.71. The fourth-order valence-corrected chi connectivity index (χ4v) is 3.54. The van der Waals surface area contributed by atoms with Crippen LogP contribution in [0.25, 0.3) is 5.65 Å². The van der Waals surface area contributed by atoms with E-state index in [4.69, 9.17) is 0 Å². The van der Waals surface area contributed by atoms with E-state index in [-0.39, 0.29) is 11.8 Å². The lowest BCUT2D eigenvalue weighted by Crippen LogP contribution is -2.28. The zero-order valence-electron chi connectivity index (χ0n) is 14.3. The van der Waals surface area contributed by atoms with Crippen molar-refractivity contribution in [2.45, 2.75) is 19.3 Å². The van der Waals surface area contributed by atoms with Gasteiger partial charge in [-0.2, -0.15) is 5.10 Å². The molecule has 1 N–H and O–H groups in total. The van der Waals surface area contributed by atoms with Gasteiger partial charge in [0.15, 0.2) is 5.65 Å². The number of nitrogens with zero attached hydrogens (tertiary/aromatic N) is 4. The van der Waals surface area contributed by atoms with Crippen LogP contribution in [-0.2, 0) is 0 Å². The van der Waals surface area contributed by atoms with Gasteiger partial charge >= 0.3 is 5.97 Å². The Morgan fingerprint density at radius 2 is 2.00 bits per heavy atom. The first-order valence-electron chi connectivity index (χ1n) is 8.46. The van der Waals surface area contributed by atoms with Crippen molar-refractivity contribution in [3.8, 4) is 0 Å². The van der Waals surface area contributed by atoms with E-state index in [0.717, 1.165) is 17.5 Å². The minimum absolute atomic E-state index is 0.0169. The third-order valence-electron chi connectivity index (χ3n) is 4.82. The van der Waals surface area contributed by atoms with Crippen molar-refractivity contribution in [3.63, 3.8) is 0 Å². The van der Waals surface area contributed by atoms with Crippen LogP contribution in [0.1, 0.15) is 44.2 Å². The van der Waals surface area contributed by atoms with E-state index < -0.39 is 5.97 Å². The lowest BCUT2D eigenvalue weighted by Gasteiger charge is -2.17. The average molecular weight is 350 g/mol. The standard InChI is InChI=1S/C19H18N4O3/c1-12-8-20-17-16(9-21-23(17)10-12)18(24)22-7-6-13(11-22)14-4-2-3-5-15(14)19(25)26/h2-5,8-10,13H,6-7,11H2,1H3,(H,25,26)/t13-/m0/s1. The summed E-state index contributed by atoms with van der Waals surface area (Å²) in [5, 5.41) is 13.6. The smallest absolute Gasteiger partial charge is 0.335 e. The number of likely N-dealkylation sites (tertiary alicyclic amines) is 1. The van der Waals surface area contributed by atoms with E-state index in [1.54, 1.807) is 33.9 Å². The molecule has 7 heteroatoms. The molecule has 0 saturated carbocycles. The van der Waals surface area contributed by atoms with E-state index in [2.05, 4.69) is 10.1 Å². The van der Waals surface area contributed by atoms with Gasteiger partial charge in [-0.05, 0) is 30.5 Å². The first kappa shape index (κ1) is 16.3. The molecule has 0 unspecified atom stereocenters. The second-order valence-corrected chi connectivity index (χ2v) is 6.59. The maximum atomic E-state index is 12.9. The summed E-state index contributed by atoms with van der Waals surface area (Å²) in [5.41, 5.74) is 3.06. The quantitative estimate of drug-likeness (QED) is 0.783. The van der Waals surface area contributed by atoms with Crippen molar-refractivity contribution in [2.24, 2.45) is 0 Å². The molecule has 3 aromatic rings. The molecule has 0 bridgehead atoms. The number of benzene rings is 1. The molecule has 1 aromatic carbocycles. The Bertz CT molecular complexity index is 1010. The molecular formula is C19H18N4O3. The van der Waals surface area contributed by atoms with Gasteiger partial charge < -0.3 is 10.0 Å². The van der Waals surface area contributed by atoms with Gasteiger partial charge in [-0.25, -0.2) is 14.3 Å². The summed E-state index contributed by atoms with van der Waals surface area (Å²) in [4.78, 5) is 30.4. The lowest BCUT2D eigenvalue weighted by molar-refractivity contribution is 0.0695. The molecule has 7 nitrogen and oxygen atoms in total. The van der Waals surface area contributed by atoms with Crippen molar-refractivity contribution in [1.29, 1.82) is 0 Å². The van der Waals surface area contributed by atoms with Crippen molar-refractivity contribution in [3.05, 3.63) is 65.1 Å². The average Bonchev–Trinajstić information content (AvgIpc) is 3.28. The van der Waals surface area contributed by atoms with E-state index in [9.17, 15) is 14.7 Å². The fourth-order valence-electron chi connectivity index (χ4n) is 3.54. The summed E-state index contributed by atoms with van der Waals surface area (Å²) < 4.78 is 1.61. The number of carbonyl (C=O) groups excluding carboxylic acids is 1. The SMILES string of the molecule is Cc1cnc2c(C(=O)N3CC[C@H](c4ccccc4C(=O)O)C3)cnn2c1. The number of hydrogen-bond acceptors (Lipinski definition) is 4. The first-order chi connectivity index (χ1) is 12.5. The minimum atomic E-state index is -0.937. The number of carboxylic acid groups (broad SMARTS) is 1. The lowest BCUT2D eigenvalue weighted by atomic mass is 9.93. The maximum Gasteiger partial charge on any atom is 0.335 e. The number of rotatable bonds is 3. The molecule has 1 aliphatic rings. The Hall–Kier alpha value is -3.22. The Balaban J connectivity index is 1.59. The monoisotopic (exact) mass is 350 g/mol. The van der Waals surface area contributed by atoms with Crippen LogP contribution in [0, 0.1) is 6.92 Å². The molecule has 1 saturated heterocycles. The molecular weight excluding hydrogens is 332 g/mol. The highest BCUT2D eigenvalue weighted by Gasteiger charge is 2.31. The highest BCUT2D eigenvalue weighted by Crippen LogP contribution is 2.30. The molecule has 26 heavy (non-hydrogen) atoms. The van der Waals surface area contributed by atoms with Gasteiger partial charge in [-0.3, -0.25) is 4.79 Å². The molecule has 132 valence electrons. The van der Waals surface area contributed by atoms with E-state index in [1.807, 2.05) is 25.3 Å². The van der Waals surface area contributed by atoms with Gasteiger partial charge in [0, 0.05) is 31.4 Å². The first-order valence-corrected chi connectivity index (χ1v) is 8.46. The number of hydrogen-bond donors (Lipinski definition) is 1. The van der Waals surface area contributed by atoms with Crippen molar-refractivity contribution in [1.82, 2.24) is 19.5 Å². The Kier molecular flexibility index (Phi) is 3.91. The van der Waals surface area contributed by atoms with Gasteiger partial charge in [-0.1, -0.05) is 18.2 Å². The predicted octanol–water partition coefficient (Wildman–Crippen LogP) is 2.37. The summed E-state index contributed by atoms with van der Waals surface area (Å²) in [6.45, 7) is 2.99. The third-order valence-corrected chi connectivity index (χ3v) is 4.82. The second-order valence-electron chi connectivity index (χ2n) is 6.59. The van der Waals surface area contributed by atoms with Crippen molar-refractivity contribution in [2.75, 3.05) is 13.1 Å². The number of amides is 1. The summed E-state index contributed by atoms with van der Waals surface area (Å²) in [7, 11) is 0. The zero-order chi connectivity index (χ0) is 18.3. The molecule has 4 rings (SSSR count). The van der Waals surface area contributed by atoms with E-state index in [1.165, 1.54) is 0 Å². The Morgan fingerprint density at radius 1 is 1.19 bits per heavy atom. The molecule has 2 aromatic heterocycles. The highest BCUT2D eigenvalue weighted by atomic mass is 16.4. The zero-order valence-corrected chi connectivity index (χ0v) is 14.3. The number of aromatic nitrogens is 3. The molecule has 1 atom stereocenters. The summed E-state index contributed by atoms with van der Waals surface area (Å²) in [6.07, 6.45) is 5.82. The van der Waals surface area contributed by atoms with Crippen molar-refractivity contribution < 1.29 is 14.7 Å². The second kappa shape index (κ2) is 6.25. The number of fused-ring (bicyclic) bond motifs is 1. The van der Waals surface area contributed by atoms with Crippen LogP contribution in [0.4, 0.5) is 0 Å². The number of carboxylic acids is 1. The topological polar surface area (TPSA) is 87.8 Å². The van der Waals surface area contributed by atoms with E-state index >= 15 is 0 Å². The van der Waals surface area contributed by atoms with Gasteiger partial charge in [0.25, 0.3) is 5.91 Å². The molecule has 1 amide bonds. The molecule has 3 heterocycles. The highest BCUT2D eigenvalue weighted by molar-refractivity contribution is 5.99. The van der Waals surface area contributed by atoms with Crippen LogP contribution in [0.2, 0.25) is 0 Å². The van der Waals surface area contributed by atoms with Crippen molar-refractivity contribution >= 4 is 17.5 Å². The number of aryl methyl sites for hydroxylation is 1. The van der Waals surface area contributed by atoms with Gasteiger partial charge in [0.1, 0.15) is 5.56 Å². The maximum absolute atomic E-state index is 12.9. The van der Waals surface area contributed by atoms with Crippen LogP contribution < -0.4 is 0 Å². The Morgan fingerprint density at radius 3 is 2.81 bits per heavy atom. The predicted molar refractivity (Wildman–Crippen MR) is 94.4 cm³/mol. The van der Waals surface area contributed by atoms with Gasteiger partial charge in [0.05, 0.1) is 11.8 Å². The van der Waals surface area contributed by atoms with Crippen LogP contribution in [0.3, 0.4) is 0 Å². The van der Waals surface area contributed by atoms with Crippen LogP contribution in [-0.4, -0.2) is 49.6 Å². The fraction of sp³-hybridized carbons (Fsp3) is 0.263. The molecule has 1 aliphatic heterocycles. The molecule has 0 aliphatic carbocycles. The number of carbonyl (C=O) groups is 2. The van der Waals surface area contributed by atoms with Crippen LogP contribution in [0.5, 0.6) is 0 Å². The van der Waals surface area contributed by atoms with Gasteiger partial charge in [0.2, 0.25) is 0 Å². The summed E-state index contributed by atoms with van der Waals surface area (Å²) in [5.74, 6) is -1.04. The van der Waals surface area contributed by atoms with Crippen LogP contribution in [0.15, 0.2) is 42.9 Å². The minimum Gasteiger partial charge on any atom is -0.478 e. The van der Waals surface area contributed by atoms with Gasteiger partial charge in [-0.15, -0.1) is 0 Å². The molecule has 0 spiro atoms. The summed E-state index contributed by atoms with van der Waals surface area (Å²) in [6, 6.07) is 7.00. The number of aromatic carboxylic acids is 1.